The van der Waals surface area contributed by atoms with E-state index in [0.29, 0.717) is 4.47 Å². The number of hydrogen-bond acceptors (Lipinski definition) is 2. The summed E-state index contributed by atoms with van der Waals surface area (Å²) in [6.07, 6.45) is 3.89. The Kier molecular flexibility index (Phi) is 2.56. The Morgan fingerprint density at radius 1 is 1.39 bits per heavy atom. The van der Waals surface area contributed by atoms with Gasteiger partial charge in [0.1, 0.15) is 5.65 Å². The topological polar surface area (TPSA) is 50.2 Å². The molecule has 0 atom stereocenters. The second-order valence-electron chi connectivity index (χ2n) is 4.08. The lowest BCUT2D eigenvalue weighted by Gasteiger charge is -2.02. The van der Waals surface area contributed by atoms with Crippen molar-refractivity contribution in [3.8, 4) is 11.3 Å². The Hall–Kier alpha value is -1.88. The molecule has 0 aromatic carbocycles. The van der Waals surface area contributed by atoms with Crippen LogP contribution in [-0.4, -0.2) is 14.4 Å². The van der Waals surface area contributed by atoms with Crippen molar-refractivity contribution in [1.29, 1.82) is 0 Å². The Bertz CT molecular complexity index is 755. The number of nitrogens with one attached hydrogen (secondary N) is 1. The molecule has 5 heteroatoms. The van der Waals surface area contributed by atoms with E-state index >= 15 is 0 Å². The van der Waals surface area contributed by atoms with Gasteiger partial charge in [0.25, 0.3) is 5.56 Å². The number of imidazole rings is 1. The maximum Gasteiger partial charge on any atom is 0.262 e. The average molecular weight is 304 g/mol. The van der Waals surface area contributed by atoms with Crippen molar-refractivity contribution >= 4 is 21.6 Å². The van der Waals surface area contributed by atoms with Crippen molar-refractivity contribution in [2.45, 2.75) is 6.92 Å². The SMILES string of the molecule is Cc1[nH]c(=O)c(Br)cc1-c1cn2ccccc2n1. The molecule has 0 saturated carbocycles. The summed E-state index contributed by atoms with van der Waals surface area (Å²) >= 11 is 3.24. The van der Waals surface area contributed by atoms with Gasteiger partial charge in [-0.1, -0.05) is 6.07 Å². The van der Waals surface area contributed by atoms with E-state index in [1.54, 1.807) is 6.07 Å². The van der Waals surface area contributed by atoms with Crippen LogP contribution in [0.5, 0.6) is 0 Å². The van der Waals surface area contributed by atoms with Crippen LogP contribution in [0.25, 0.3) is 16.9 Å². The summed E-state index contributed by atoms with van der Waals surface area (Å²) < 4.78 is 2.47. The summed E-state index contributed by atoms with van der Waals surface area (Å²) in [6.45, 7) is 1.87. The number of hydrogen-bond donors (Lipinski definition) is 1. The molecule has 0 amide bonds. The number of aromatic nitrogens is 3. The molecular weight excluding hydrogens is 294 g/mol. The first-order valence-corrected chi connectivity index (χ1v) is 6.28. The second kappa shape index (κ2) is 4.10. The van der Waals surface area contributed by atoms with Gasteiger partial charge in [0.05, 0.1) is 10.2 Å². The van der Waals surface area contributed by atoms with E-state index < -0.39 is 0 Å². The summed E-state index contributed by atoms with van der Waals surface area (Å²) in [6, 6.07) is 7.64. The highest BCUT2D eigenvalue weighted by Gasteiger charge is 2.09. The lowest BCUT2D eigenvalue weighted by Crippen LogP contribution is -2.08. The Morgan fingerprint density at radius 2 is 2.22 bits per heavy atom. The van der Waals surface area contributed by atoms with E-state index in [2.05, 4.69) is 25.9 Å². The minimum atomic E-state index is -0.125. The third kappa shape index (κ3) is 1.76. The average Bonchev–Trinajstić information content (AvgIpc) is 2.77. The van der Waals surface area contributed by atoms with Crippen LogP contribution in [-0.2, 0) is 0 Å². The molecule has 3 heterocycles. The lowest BCUT2D eigenvalue weighted by molar-refractivity contribution is 1.13. The molecule has 3 rings (SSSR count). The van der Waals surface area contributed by atoms with Crippen LogP contribution in [0.3, 0.4) is 0 Å². The highest BCUT2D eigenvalue weighted by Crippen LogP contribution is 2.23. The molecule has 0 saturated heterocycles. The normalized spacial score (nSPS) is 11.0. The molecule has 1 N–H and O–H groups in total. The molecule has 3 aromatic heterocycles. The van der Waals surface area contributed by atoms with Gasteiger partial charge in [-0.15, -0.1) is 0 Å². The number of H-pyrrole nitrogens is 1. The number of aromatic amines is 1. The largest absolute Gasteiger partial charge is 0.325 e. The second-order valence-corrected chi connectivity index (χ2v) is 4.93. The van der Waals surface area contributed by atoms with Gasteiger partial charge in [-0.2, -0.15) is 0 Å². The van der Waals surface area contributed by atoms with Crippen molar-refractivity contribution in [3.63, 3.8) is 0 Å². The number of pyridine rings is 2. The monoisotopic (exact) mass is 303 g/mol. The maximum absolute atomic E-state index is 11.5. The highest BCUT2D eigenvalue weighted by molar-refractivity contribution is 9.10. The highest BCUT2D eigenvalue weighted by atomic mass is 79.9. The van der Waals surface area contributed by atoms with Crippen molar-refractivity contribution in [3.05, 3.63) is 57.2 Å². The number of nitrogens with zero attached hydrogens (tertiary/aromatic N) is 2. The molecular formula is C13H10BrN3O. The van der Waals surface area contributed by atoms with Crippen LogP contribution >= 0.6 is 15.9 Å². The molecule has 0 aliphatic carbocycles. The molecule has 0 aliphatic heterocycles. The van der Waals surface area contributed by atoms with Gasteiger partial charge in [0.2, 0.25) is 0 Å². The Morgan fingerprint density at radius 3 is 3.00 bits per heavy atom. The van der Waals surface area contributed by atoms with Crippen molar-refractivity contribution in [2.75, 3.05) is 0 Å². The van der Waals surface area contributed by atoms with Gasteiger partial charge in [0, 0.05) is 23.7 Å². The van der Waals surface area contributed by atoms with E-state index in [1.807, 2.05) is 41.9 Å². The standard InChI is InChI=1S/C13H10BrN3O/c1-8-9(6-10(14)13(18)15-8)11-7-17-5-3-2-4-12(17)16-11/h2-7H,1H3,(H,15,18). The zero-order valence-corrected chi connectivity index (χ0v) is 11.2. The quantitative estimate of drug-likeness (QED) is 0.751. The van der Waals surface area contributed by atoms with Crippen molar-refractivity contribution in [1.82, 2.24) is 14.4 Å². The minimum Gasteiger partial charge on any atom is -0.325 e. The van der Waals surface area contributed by atoms with Crippen LogP contribution in [0.1, 0.15) is 5.69 Å². The minimum absolute atomic E-state index is 0.125. The van der Waals surface area contributed by atoms with Crippen LogP contribution in [0.15, 0.2) is 45.9 Å². The summed E-state index contributed by atoms with van der Waals surface area (Å²) in [5.74, 6) is 0. The third-order valence-corrected chi connectivity index (χ3v) is 3.42. The molecule has 4 nitrogen and oxygen atoms in total. The summed E-state index contributed by atoms with van der Waals surface area (Å²) in [5, 5.41) is 0. The van der Waals surface area contributed by atoms with Gasteiger partial charge in [-0.05, 0) is 41.1 Å². The van der Waals surface area contributed by atoms with Gasteiger partial charge in [0.15, 0.2) is 0 Å². The smallest absolute Gasteiger partial charge is 0.262 e. The number of aryl methyl sites for hydroxylation is 1. The molecule has 0 fully saturated rings. The molecule has 0 unspecified atom stereocenters. The Labute approximate surface area is 111 Å². The number of rotatable bonds is 1. The lowest BCUT2D eigenvalue weighted by atomic mass is 10.1. The van der Waals surface area contributed by atoms with Crippen molar-refractivity contribution < 1.29 is 0 Å². The first-order chi connectivity index (χ1) is 8.65. The molecule has 0 aliphatic rings. The van der Waals surface area contributed by atoms with Crippen LogP contribution in [0, 0.1) is 6.92 Å². The predicted molar refractivity (Wildman–Crippen MR) is 73.7 cm³/mol. The zero-order valence-electron chi connectivity index (χ0n) is 9.64. The van der Waals surface area contributed by atoms with E-state index in [0.717, 1.165) is 22.6 Å². The van der Waals surface area contributed by atoms with E-state index in [-0.39, 0.29) is 5.56 Å². The molecule has 0 spiro atoms. The fourth-order valence-electron chi connectivity index (χ4n) is 1.93. The molecule has 90 valence electrons. The third-order valence-electron chi connectivity index (χ3n) is 2.83. The van der Waals surface area contributed by atoms with Gasteiger partial charge < -0.3 is 9.38 Å². The van der Waals surface area contributed by atoms with E-state index in [4.69, 9.17) is 0 Å². The van der Waals surface area contributed by atoms with Gasteiger partial charge in [-0.3, -0.25) is 4.79 Å². The van der Waals surface area contributed by atoms with E-state index in [1.165, 1.54) is 0 Å². The fourth-order valence-corrected chi connectivity index (χ4v) is 2.26. The number of halogens is 1. The van der Waals surface area contributed by atoms with Crippen LogP contribution in [0.4, 0.5) is 0 Å². The van der Waals surface area contributed by atoms with Crippen molar-refractivity contribution in [2.24, 2.45) is 0 Å². The van der Waals surface area contributed by atoms with Crippen LogP contribution in [0.2, 0.25) is 0 Å². The fraction of sp³-hybridized carbons (Fsp3) is 0.0769. The molecule has 18 heavy (non-hydrogen) atoms. The zero-order chi connectivity index (χ0) is 12.7. The summed E-state index contributed by atoms with van der Waals surface area (Å²) in [7, 11) is 0. The van der Waals surface area contributed by atoms with Gasteiger partial charge in [-0.25, -0.2) is 4.98 Å². The van der Waals surface area contributed by atoms with Gasteiger partial charge >= 0.3 is 0 Å². The maximum atomic E-state index is 11.5. The first kappa shape index (κ1) is 11.2. The first-order valence-electron chi connectivity index (χ1n) is 5.49. The van der Waals surface area contributed by atoms with E-state index in [9.17, 15) is 4.79 Å². The predicted octanol–water partition coefficient (Wildman–Crippen LogP) is 2.76. The summed E-state index contributed by atoms with van der Waals surface area (Å²) in [4.78, 5) is 18.8. The summed E-state index contributed by atoms with van der Waals surface area (Å²) in [5.41, 5.74) is 3.33. The Balaban J connectivity index is 2.26. The number of fused-ring (bicyclic) bond motifs is 1. The van der Waals surface area contributed by atoms with Crippen LogP contribution < -0.4 is 5.56 Å². The molecule has 0 radical (unpaired) electrons. The molecule has 3 aromatic rings. The molecule has 0 bridgehead atoms.